The highest BCUT2D eigenvalue weighted by atomic mass is 32.2. The van der Waals surface area contributed by atoms with Crippen molar-refractivity contribution in [3.8, 4) is 0 Å². The summed E-state index contributed by atoms with van der Waals surface area (Å²) in [5.41, 5.74) is 0.632. The van der Waals surface area contributed by atoms with E-state index in [1.54, 1.807) is 6.92 Å². The molecule has 1 N–H and O–H groups in total. The van der Waals surface area contributed by atoms with Crippen molar-refractivity contribution in [1.82, 2.24) is 4.98 Å². The van der Waals surface area contributed by atoms with Gasteiger partial charge in [0.25, 0.3) is 0 Å². The minimum atomic E-state index is -0.871. The highest BCUT2D eigenvalue weighted by Gasteiger charge is 2.14. The third-order valence-electron chi connectivity index (χ3n) is 2.10. The van der Waals surface area contributed by atoms with Crippen molar-refractivity contribution >= 4 is 29.1 Å². The van der Waals surface area contributed by atoms with Gasteiger partial charge in [0.2, 0.25) is 0 Å². The van der Waals surface area contributed by atoms with Crippen molar-refractivity contribution in [2.24, 2.45) is 0 Å². The molecule has 15 heavy (non-hydrogen) atoms. The predicted octanol–water partition coefficient (Wildman–Crippen LogP) is 3.18. The number of nitrogens with zero attached hydrogens (tertiary/aromatic N) is 1. The zero-order valence-corrected chi connectivity index (χ0v) is 10.7. The van der Waals surface area contributed by atoms with Crippen LogP contribution >= 0.6 is 23.1 Å². The molecule has 0 saturated heterocycles. The SMILES string of the molecule is CCC(C)SCc1nc(C)c(C(=O)O)s1. The van der Waals surface area contributed by atoms with Crippen molar-refractivity contribution in [1.29, 1.82) is 0 Å². The van der Waals surface area contributed by atoms with Crippen LogP contribution in [0.3, 0.4) is 0 Å². The molecule has 0 saturated carbocycles. The average molecular weight is 245 g/mol. The molecule has 84 valence electrons. The molecular weight excluding hydrogens is 230 g/mol. The van der Waals surface area contributed by atoms with E-state index in [0.717, 1.165) is 17.2 Å². The highest BCUT2D eigenvalue weighted by molar-refractivity contribution is 7.99. The summed E-state index contributed by atoms with van der Waals surface area (Å²) in [6.45, 7) is 6.06. The van der Waals surface area contributed by atoms with Gasteiger partial charge in [-0.05, 0) is 13.3 Å². The van der Waals surface area contributed by atoms with Gasteiger partial charge in [-0.15, -0.1) is 11.3 Å². The molecule has 1 atom stereocenters. The lowest BCUT2D eigenvalue weighted by molar-refractivity contribution is 0.0701. The molecule has 1 rings (SSSR count). The van der Waals surface area contributed by atoms with Crippen LogP contribution in [0.15, 0.2) is 0 Å². The van der Waals surface area contributed by atoms with Crippen LogP contribution in [0.25, 0.3) is 0 Å². The molecule has 0 bridgehead atoms. The molecule has 0 aliphatic rings. The number of hydrogen-bond donors (Lipinski definition) is 1. The molecule has 0 fully saturated rings. The van der Waals surface area contributed by atoms with E-state index >= 15 is 0 Å². The molecule has 5 heteroatoms. The maximum Gasteiger partial charge on any atom is 0.347 e. The van der Waals surface area contributed by atoms with Crippen LogP contribution in [-0.2, 0) is 5.75 Å². The number of aromatic carboxylic acids is 1. The summed E-state index contributed by atoms with van der Waals surface area (Å²) in [5, 5.41) is 10.4. The van der Waals surface area contributed by atoms with Gasteiger partial charge in [0.05, 0.1) is 5.69 Å². The second-order valence-corrected chi connectivity index (χ2v) is 5.87. The molecule has 1 aromatic rings. The lowest BCUT2D eigenvalue weighted by atomic mass is 10.4. The van der Waals surface area contributed by atoms with Crippen LogP contribution in [0.4, 0.5) is 0 Å². The second-order valence-electron chi connectivity index (χ2n) is 3.36. The first-order valence-corrected chi connectivity index (χ1v) is 6.72. The van der Waals surface area contributed by atoms with Crippen LogP contribution in [0.5, 0.6) is 0 Å². The predicted molar refractivity (Wildman–Crippen MR) is 64.9 cm³/mol. The molecular formula is C10H15NO2S2. The normalized spacial score (nSPS) is 12.7. The molecule has 0 aromatic carbocycles. The van der Waals surface area contributed by atoms with Crippen molar-refractivity contribution in [3.63, 3.8) is 0 Å². The van der Waals surface area contributed by atoms with Crippen molar-refractivity contribution in [3.05, 3.63) is 15.6 Å². The fraction of sp³-hybridized carbons (Fsp3) is 0.600. The van der Waals surface area contributed by atoms with Crippen molar-refractivity contribution in [2.45, 2.75) is 38.2 Å². The lowest BCUT2D eigenvalue weighted by Crippen LogP contribution is -1.94. The zero-order valence-electron chi connectivity index (χ0n) is 9.11. The zero-order chi connectivity index (χ0) is 11.4. The van der Waals surface area contributed by atoms with Gasteiger partial charge < -0.3 is 5.11 Å². The van der Waals surface area contributed by atoms with Crippen molar-refractivity contribution < 1.29 is 9.90 Å². The molecule has 0 aliphatic heterocycles. The molecule has 1 aromatic heterocycles. The van der Waals surface area contributed by atoms with Crippen LogP contribution in [-0.4, -0.2) is 21.3 Å². The summed E-state index contributed by atoms with van der Waals surface area (Å²) in [4.78, 5) is 15.4. The third kappa shape index (κ3) is 3.50. The summed E-state index contributed by atoms with van der Waals surface area (Å²) in [5.74, 6) is -0.0573. The summed E-state index contributed by atoms with van der Waals surface area (Å²) in [6, 6.07) is 0. The Bertz CT molecular complexity index is 349. The van der Waals surface area contributed by atoms with Crippen LogP contribution in [0.2, 0.25) is 0 Å². The van der Waals surface area contributed by atoms with E-state index in [0.29, 0.717) is 15.8 Å². The Balaban J connectivity index is 2.63. The van der Waals surface area contributed by atoms with E-state index in [-0.39, 0.29) is 0 Å². The van der Waals surface area contributed by atoms with E-state index < -0.39 is 5.97 Å². The summed E-state index contributed by atoms with van der Waals surface area (Å²) in [7, 11) is 0. The standard InChI is InChI=1S/C10H15NO2S2/c1-4-6(2)14-5-8-11-7(3)9(15-8)10(12)13/h6H,4-5H2,1-3H3,(H,12,13). The number of carboxylic acids is 1. The fourth-order valence-electron chi connectivity index (χ4n) is 1.04. The van der Waals surface area contributed by atoms with Gasteiger partial charge in [0.1, 0.15) is 9.88 Å². The Hall–Kier alpha value is -0.550. The van der Waals surface area contributed by atoms with E-state index in [4.69, 9.17) is 5.11 Å². The largest absolute Gasteiger partial charge is 0.477 e. The van der Waals surface area contributed by atoms with Gasteiger partial charge in [-0.2, -0.15) is 11.8 Å². The molecule has 0 aliphatic carbocycles. The van der Waals surface area contributed by atoms with Gasteiger partial charge in [-0.3, -0.25) is 0 Å². The van der Waals surface area contributed by atoms with Gasteiger partial charge in [-0.25, -0.2) is 9.78 Å². The third-order valence-corrected chi connectivity index (χ3v) is 4.77. The summed E-state index contributed by atoms with van der Waals surface area (Å²) < 4.78 is 0. The topological polar surface area (TPSA) is 50.2 Å². The number of aromatic nitrogens is 1. The van der Waals surface area contributed by atoms with E-state index in [9.17, 15) is 4.79 Å². The molecule has 0 amide bonds. The number of carbonyl (C=O) groups is 1. The quantitative estimate of drug-likeness (QED) is 0.865. The second kappa shape index (κ2) is 5.51. The summed E-state index contributed by atoms with van der Waals surface area (Å²) in [6.07, 6.45) is 1.13. The molecule has 0 spiro atoms. The van der Waals surface area contributed by atoms with Crippen LogP contribution in [0, 0.1) is 6.92 Å². The minimum Gasteiger partial charge on any atom is -0.477 e. The van der Waals surface area contributed by atoms with Gasteiger partial charge in [0, 0.05) is 11.0 Å². The van der Waals surface area contributed by atoms with Crippen molar-refractivity contribution in [2.75, 3.05) is 0 Å². The Morgan fingerprint density at radius 3 is 2.80 bits per heavy atom. The van der Waals surface area contributed by atoms with Gasteiger partial charge in [-0.1, -0.05) is 13.8 Å². The molecule has 3 nitrogen and oxygen atoms in total. The van der Waals surface area contributed by atoms with Gasteiger partial charge in [0.15, 0.2) is 0 Å². The summed E-state index contributed by atoms with van der Waals surface area (Å²) >= 11 is 3.11. The maximum absolute atomic E-state index is 10.8. The number of hydrogen-bond acceptors (Lipinski definition) is 4. The lowest BCUT2D eigenvalue weighted by Gasteiger charge is -2.04. The van der Waals surface area contributed by atoms with E-state index in [2.05, 4.69) is 18.8 Å². The maximum atomic E-state index is 10.8. The van der Waals surface area contributed by atoms with Crippen LogP contribution < -0.4 is 0 Å². The highest BCUT2D eigenvalue weighted by Crippen LogP contribution is 2.25. The minimum absolute atomic E-state index is 0.370. The Morgan fingerprint density at radius 1 is 1.67 bits per heavy atom. The van der Waals surface area contributed by atoms with E-state index in [1.807, 2.05) is 11.8 Å². The molecule has 0 radical (unpaired) electrons. The smallest absolute Gasteiger partial charge is 0.347 e. The van der Waals surface area contributed by atoms with Crippen LogP contribution in [0.1, 0.15) is 40.6 Å². The van der Waals surface area contributed by atoms with Gasteiger partial charge >= 0.3 is 5.97 Å². The number of thioether (sulfide) groups is 1. The number of aryl methyl sites for hydroxylation is 1. The Labute approximate surface area is 97.9 Å². The Morgan fingerprint density at radius 2 is 2.33 bits per heavy atom. The first-order chi connectivity index (χ1) is 7.04. The molecule has 1 heterocycles. The first-order valence-electron chi connectivity index (χ1n) is 4.85. The monoisotopic (exact) mass is 245 g/mol. The number of rotatable bonds is 5. The van der Waals surface area contributed by atoms with E-state index in [1.165, 1.54) is 11.3 Å². The number of carboxylic acid groups (broad SMARTS) is 1. The molecule has 1 unspecified atom stereocenters. The first kappa shape index (κ1) is 12.5. The fourth-order valence-corrected chi connectivity index (χ4v) is 2.91. The Kier molecular flexibility index (Phi) is 4.60. The number of thiazole rings is 1. The average Bonchev–Trinajstić information content (AvgIpc) is 2.56.